The van der Waals surface area contributed by atoms with Crippen molar-refractivity contribution in [2.75, 3.05) is 6.61 Å². The van der Waals surface area contributed by atoms with E-state index in [4.69, 9.17) is 23.0 Å². The highest BCUT2D eigenvalue weighted by molar-refractivity contribution is 6.11. The van der Waals surface area contributed by atoms with E-state index in [9.17, 15) is 0 Å². The summed E-state index contributed by atoms with van der Waals surface area (Å²) in [5.41, 5.74) is 0. The number of aliphatic hydroxyl groups excluding tert-OH is 1. The van der Waals surface area contributed by atoms with E-state index in [2.05, 4.69) is 0 Å². The summed E-state index contributed by atoms with van der Waals surface area (Å²) in [7, 11) is 5.40. The Labute approximate surface area is 61.0 Å². The van der Waals surface area contributed by atoms with Crippen LogP contribution in [-0.4, -0.2) is 31.7 Å². The quantitative estimate of drug-likeness (QED) is 0.491. The zero-order chi connectivity index (χ0) is 7.56. The highest BCUT2D eigenvalue weighted by atomic mass is 16.5. The van der Waals surface area contributed by atoms with E-state index in [0.717, 1.165) is 0 Å². The van der Waals surface area contributed by atoms with Gasteiger partial charge in [-0.25, -0.2) is 0 Å². The smallest absolute Gasteiger partial charge is 0.110 e. The third kappa shape index (κ3) is 1.31. The fraction of sp³-hybridized carbons (Fsp3) is 0.833. The lowest BCUT2D eigenvalue weighted by atomic mass is 9.87. The van der Waals surface area contributed by atoms with Crippen molar-refractivity contribution in [3.05, 3.63) is 0 Å². The first-order valence-corrected chi connectivity index (χ1v) is 3.19. The molecule has 1 aliphatic heterocycles. The largest absolute Gasteiger partial charge is 0.394 e. The van der Waals surface area contributed by atoms with Crippen LogP contribution < -0.4 is 0 Å². The Hall–Kier alpha value is -0.525. The van der Waals surface area contributed by atoms with Gasteiger partial charge in [-0.3, -0.25) is 0 Å². The summed E-state index contributed by atoms with van der Waals surface area (Å²) in [4.78, 5) is 0. The van der Waals surface area contributed by atoms with Crippen molar-refractivity contribution in [2.45, 2.75) is 18.5 Å². The monoisotopic (exact) mass is 137 g/mol. The van der Waals surface area contributed by atoms with Gasteiger partial charge in [0.1, 0.15) is 7.85 Å². The van der Waals surface area contributed by atoms with E-state index >= 15 is 0 Å². The molecule has 0 spiro atoms. The number of rotatable bonds is 1. The van der Waals surface area contributed by atoms with Crippen molar-refractivity contribution in [1.82, 2.24) is 0 Å². The maximum atomic E-state index is 8.61. The standard InChI is InChI=1S/C6H8BNO2/c7-6-4(2-8)1-5(3-9)10-6/h4-6,9H,1,3H2. The number of aliphatic hydroxyl groups is 1. The summed E-state index contributed by atoms with van der Waals surface area (Å²) in [5, 5.41) is 17.1. The normalized spacial score (nSPS) is 39.4. The van der Waals surface area contributed by atoms with Gasteiger partial charge in [-0.05, 0) is 6.42 Å². The first kappa shape index (κ1) is 7.58. The van der Waals surface area contributed by atoms with Crippen LogP contribution in [-0.2, 0) is 4.74 Å². The third-order valence-corrected chi connectivity index (χ3v) is 1.63. The predicted molar refractivity (Wildman–Crippen MR) is 35.2 cm³/mol. The van der Waals surface area contributed by atoms with Crippen molar-refractivity contribution in [2.24, 2.45) is 5.92 Å². The average Bonchev–Trinajstić information content (AvgIpc) is 2.30. The van der Waals surface area contributed by atoms with Gasteiger partial charge in [-0.1, -0.05) is 0 Å². The molecule has 1 aliphatic rings. The number of hydrogen-bond donors (Lipinski definition) is 1. The third-order valence-electron chi connectivity index (χ3n) is 1.63. The summed E-state index contributed by atoms with van der Waals surface area (Å²) >= 11 is 0. The van der Waals surface area contributed by atoms with E-state index in [-0.39, 0.29) is 18.6 Å². The lowest BCUT2D eigenvalue weighted by molar-refractivity contribution is 0.0415. The van der Waals surface area contributed by atoms with Crippen LogP contribution in [0.15, 0.2) is 0 Å². The van der Waals surface area contributed by atoms with Gasteiger partial charge in [0.25, 0.3) is 0 Å². The minimum atomic E-state index is -0.512. The van der Waals surface area contributed by atoms with Crippen LogP contribution in [0.4, 0.5) is 0 Å². The van der Waals surface area contributed by atoms with Gasteiger partial charge in [0.05, 0.1) is 24.7 Å². The second-order valence-electron chi connectivity index (χ2n) is 2.38. The molecule has 3 nitrogen and oxygen atoms in total. The average molecular weight is 137 g/mol. The van der Waals surface area contributed by atoms with Gasteiger partial charge in [0.2, 0.25) is 0 Å². The molecule has 0 bridgehead atoms. The Morgan fingerprint density at radius 3 is 2.80 bits per heavy atom. The minimum Gasteiger partial charge on any atom is -0.394 e. The Bertz CT molecular complexity index is 156. The number of nitriles is 1. The van der Waals surface area contributed by atoms with E-state index in [1.165, 1.54) is 0 Å². The van der Waals surface area contributed by atoms with Crippen molar-refractivity contribution in [3.8, 4) is 6.07 Å². The molecule has 0 aliphatic carbocycles. The lowest BCUT2D eigenvalue weighted by Crippen LogP contribution is -2.15. The summed E-state index contributed by atoms with van der Waals surface area (Å²) in [6.45, 7) is -0.0497. The molecule has 3 atom stereocenters. The molecular weight excluding hydrogens is 129 g/mol. The topological polar surface area (TPSA) is 53.2 Å². The van der Waals surface area contributed by atoms with Gasteiger partial charge in [0.15, 0.2) is 0 Å². The molecule has 0 saturated carbocycles. The molecule has 2 radical (unpaired) electrons. The van der Waals surface area contributed by atoms with Crippen LogP contribution in [0.5, 0.6) is 0 Å². The molecule has 4 heteroatoms. The maximum absolute atomic E-state index is 8.61. The molecule has 1 N–H and O–H groups in total. The molecule has 52 valence electrons. The molecule has 1 heterocycles. The summed E-state index contributed by atoms with van der Waals surface area (Å²) in [6, 6.07) is 1.50. The highest BCUT2D eigenvalue weighted by Gasteiger charge is 2.30. The SMILES string of the molecule is [B]C1OC(CO)CC1C#N. The number of ether oxygens (including phenoxy) is 1. The van der Waals surface area contributed by atoms with Gasteiger partial charge < -0.3 is 9.84 Å². The fourth-order valence-corrected chi connectivity index (χ4v) is 1.03. The first-order chi connectivity index (χ1) is 4.77. The molecule has 0 amide bonds. The lowest BCUT2D eigenvalue weighted by Gasteiger charge is -2.06. The Morgan fingerprint density at radius 2 is 2.50 bits per heavy atom. The van der Waals surface area contributed by atoms with Gasteiger partial charge >= 0.3 is 0 Å². The zero-order valence-corrected chi connectivity index (χ0v) is 5.53. The van der Waals surface area contributed by atoms with Gasteiger partial charge in [0, 0.05) is 6.00 Å². The summed E-state index contributed by atoms with van der Waals surface area (Å²) in [6.07, 6.45) is 0.313. The number of nitrogens with zero attached hydrogens (tertiary/aromatic N) is 1. The molecule has 0 aromatic rings. The fourth-order valence-electron chi connectivity index (χ4n) is 1.03. The molecule has 1 rings (SSSR count). The first-order valence-electron chi connectivity index (χ1n) is 3.19. The molecule has 10 heavy (non-hydrogen) atoms. The van der Waals surface area contributed by atoms with Crippen molar-refractivity contribution >= 4 is 7.85 Å². The molecular formula is C6H8BNO2. The van der Waals surface area contributed by atoms with Crippen LogP contribution in [0.2, 0.25) is 0 Å². The van der Waals surface area contributed by atoms with Crippen LogP contribution >= 0.6 is 0 Å². The van der Waals surface area contributed by atoms with Crippen LogP contribution in [0, 0.1) is 17.2 Å². The van der Waals surface area contributed by atoms with Crippen molar-refractivity contribution < 1.29 is 9.84 Å². The van der Waals surface area contributed by atoms with Crippen LogP contribution in [0.1, 0.15) is 6.42 Å². The van der Waals surface area contributed by atoms with E-state index < -0.39 is 6.00 Å². The molecule has 1 fully saturated rings. The van der Waals surface area contributed by atoms with Gasteiger partial charge in [-0.15, -0.1) is 0 Å². The van der Waals surface area contributed by atoms with Crippen LogP contribution in [0.25, 0.3) is 0 Å². The Morgan fingerprint density at radius 1 is 1.80 bits per heavy atom. The second kappa shape index (κ2) is 3.04. The van der Waals surface area contributed by atoms with Crippen molar-refractivity contribution in [3.63, 3.8) is 0 Å². The Balaban J connectivity index is 2.46. The minimum absolute atomic E-state index is 0.0497. The van der Waals surface area contributed by atoms with Crippen LogP contribution in [0.3, 0.4) is 0 Å². The maximum Gasteiger partial charge on any atom is 0.110 e. The highest BCUT2D eigenvalue weighted by Crippen LogP contribution is 2.23. The van der Waals surface area contributed by atoms with E-state index in [1.807, 2.05) is 6.07 Å². The summed E-state index contributed by atoms with van der Waals surface area (Å²) in [5.74, 6) is -0.253. The second-order valence-corrected chi connectivity index (χ2v) is 2.38. The van der Waals surface area contributed by atoms with Gasteiger partial charge in [-0.2, -0.15) is 5.26 Å². The summed E-state index contributed by atoms with van der Waals surface area (Å²) < 4.78 is 5.02. The molecule has 1 saturated heterocycles. The molecule has 0 aromatic carbocycles. The Kier molecular flexibility index (Phi) is 2.31. The molecule has 0 aromatic heterocycles. The zero-order valence-electron chi connectivity index (χ0n) is 5.53. The predicted octanol–water partition coefficient (Wildman–Crippen LogP) is -0.598. The number of hydrogen-bond acceptors (Lipinski definition) is 3. The van der Waals surface area contributed by atoms with E-state index in [1.54, 1.807) is 0 Å². The van der Waals surface area contributed by atoms with Crippen molar-refractivity contribution in [1.29, 1.82) is 5.26 Å². The van der Waals surface area contributed by atoms with E-state index in [0.29, 0.717) is 6.42 Å². The molecule has 3 unspecified atom stereocenters.